The topological polar surface area (TPSA) is 172 Å². The van der Waals surface area contributed by atoms with Crippen LogP contribution in [0.3, 0.4) is 0 Å². The molecule has 2 aliphatic rings. The van der Waals surface area contributed by atoms with Crippen molar-refractivity contribution in [2.24, 2.45) is 0 Å². The summed E-state index contributed by atoms with van der Waals surface area (Å²) in [6, 6.07) is 11.2. The molecule has 0 radical (unpaired) electrons. The molecule has 0 saturated carbocycles. The number of rotatable bonds is 11. The minimum absolute atomic E-state index is 0.00797. The van der Waals surface area contributed by atoms with Gasteiger partial charge in [0.05, 0.1) is 11.7 Å². The lowest BCUT2D eigenvalue weighted by atomic mass is 10.0. The molecule has 3 heterocycles. The number of nitrogens with one attached hydrogen (secondary N) is 3. The number of aliphatic carboxylic acids is 2. The van der Waals surface area contributed by atoms with Gasteiger partial charge in [-0.2, -0.15) is 0 Å². The first kappa shape index (κ1) is 27.6. The van der Waals surface area contributed by atoms with Crippen LogP contribution in [0.1, 0.15) is 19.3 Å². The number of anilines is 1. The molecule has 2 aliphatic heterocycles. The highest BCUT2D eigenvalue weighted by molar-refractivity contribution is 8.00. The monoisotopic (exact) mass is 553 g/mol. The minimum atomic E-state index is -1.45. The van der Waals surface area contributed by atoms with Crippen LogP contribution in [-0.2, 0) is 25.7 Å². The number of nitrogens with zero attached hydrogens (tertiary/aromatic N) is 2. The SMILES string of the molecule is O=C(CCCC(NC(=O)Nc1ccccc1)C(=O)O)NC1C(=O)N2C(C(=O)[O-])=C(C[n+]3ccccc3)CS[C@@H]12. The van der Waals surface area contributed by atoms with Crippen LogP contribution >= 0.6 is 11.8 Å². The van der Waals surface area contributed by atoms with Gasteiger partial charge in [0.15, 0.2) is 18.9 Å². The maximum absolute atomic E-state index is 12.8. The highest BCUT2D eigenvalue weighted by Crippen LogP contribution is 2.40. The number of hydrogen-bond donors (Lipinski definition) is 4. The van der Waals surface area contributed by atoms with Crippen LogP contribution in [0.15, 0.2) is 72.2 Å². The third-order valence-electron chi connectivity index (χ3n) is 6.24. The van der Waals surface area contributed by atoms with Crippen LogP contribution < -0.4 is 25.6 Å². The number of β-lactam (4-membered cyclic amide) rings is 1. The Kier molecular flexibility index (Phi) is 8.81. The van der Waals surface area contributed by atoms with Gasteiger partial charge in [0, 0.05) is 35.6 Å². The molecule has 3 atom stereocenters. The molecule has 12 nitrogen and oxygen atoms in total. The molecule has 2 unspecified atom stereocenters. The summed E-state index contributed by atoms with van der Waals surface area (Å²) >= 11 is 1.35. The van der Waals surface area contributed by atoms with Crippen LogP contribution in [0, 0.1) is 0 Å². The molecular weight excluding hydrogens is 526 g/mol. The van der Waals surface area contributed by atoms with Crippen molar-refractivity contribution in [3.8, 4) is 0 Å². The molecule has 13 heteroatoms. The number of benzene rings is 1. The number of thioether (sulfide) groups is 1. The van der Waals surface area contributed by atoms with Crippen LogP contribution in [0.5, 0.6) is 0 Å². The van der Waals surface area contributed by atoms with Gasteiger partial charge in [0.25, 0.3) is 5.91 Å². The molecule has 39 heavy (non-hydrogen) atoms. The molecular formula is C26H27N5O7S. The van der Waals surface area contributed by atoms with Gasteiger partial charge in [0.1, 0.15) is 17.5 Å². The average Bonchev–Trinajstić information content (AvgIpc) is 2.91. The van der Waals surface area contributed by atoms with Crippen LogP contribution in [0.2, 0.25) is 0 Å². The molecule has 1 aromatic carbocycles. The van der Waals surface area contributed by atoms with E-state index in [1.54, 1.807) is 47.3 Å². The second kappa shape index (κ2) is 12.4. The van der Waals surface area contributed by atoms with Gasteiger partial charge in [-0.25, -0.2) is 14.2 Å². The van der Waals surface area contributed by atoms with E-state index in [0.29, 0.717) is 17.0 Å². The Morgan fingerprint density at radius 1 is 1.10 bits per heavy atom. The summed E-state index contributed by atoms with van der Waals surface area (Å²) in [6.45, 7) is 0.285. The number of aromatic nitrogens is 1. The van der Waals surface area contributed by atoms with Gasteiger partial charge in [0.2, 0.25) is 5.91 Å². The third kappa shape index (κ3) is 6.74. The van der Waals surface area contributed by atoms with Gasteiger partial charge < -0.3 is 31.0 Å². The van der Waals surface area contributed by atoms with Crippen molar-refractivity contribution in [2.45, 2.75) is 43.3 Å². The van der Waals surface area contributed by atoms with Gasteiger partial charge in [-0.1, -0.05) is 24.3 Å². The fourth-order valence-electron chi connectivity index (χ4n) is 4.37. The molecule has 0 bridgehead atoms. The summed E-state index contributed by atoms with van der Waals surface area (Å²) < 4.78 is 1.80. The molecule has 1 fully saturated rings. The van der Waals surface area contributed by atoms with E-state index in [0.717, 1.165) is 4.90 Å². The Balaban J connectivity index is 1.28. The van der Waals surface area contributed by atoms with E-state index in [9.17, 15) is 34.2 Å². The van der Waals surface area contributed by atoms with Crippen molar-refractivity contribution >= 4 is 47.2 Å². The molecule has 0 aliphatic carbocycles. The maximum atomic E-state index is 12.8. The Morgan fingerprint density at radius 3 is 2.46 bits per heavy atom. The van der Waals surface area contributed by atoms with E-state index in [1.165, 1.54) is 11.8 Å². The summed E-state index contributed by atoms with van der Waals surface area (Å²) in [5.41, 5.74) is 0.866. The summed E-state index contributed by atoms with van der Waals surface area (Å²) in [5.74, 6) is -3.36. The number of carbonyl (C=O) groups is 5. The zero-order chi connectivity index (χ0) is 27.9. The first-order chi connectivity index (χ1) is 18.7. The predicted octanol–water partition coefficient (Wildman–Crippen LogP) is -0.177. The highest BCUT2D eigenvalue weighted by atomic mass is 32.2. The Hall–Kier alpha value is -4.39. The minimum Gasteiger partial charge on any atom is -0.543 e. The molecule has 4 rings (SSSR count). The fraction of sp³-hybridized carbons (Fsp3) is 0.308. The number of para-hydroxylation sites is 1. The Morgan fingerprint density at radius 2 is 1.79 bits per heavy atom. The lowest BCUT2D eigenvalue weighted by molar-refractivity contribution is -0.689. The molecule has 2 aromatic rings. The average molecular weight is 554 g/mol. The number of fused-ring (bicyclic) bond motifs is 1. The van der Waals surface area contributed by atoms with Crippen molar-refractivity contribution < 1.29 is 38.8 Å². The number of urea groups is 1. The number of carbonyl (C=O) groups excluding carboxylic acids is 4. The number of carboxylic acid groups (broad SMARTS) is 2. The standard InChI is InChI=1S/C26H27N5O7S/c32-19(11-7-10-18(24(34)35)28-26(38)27-17-8-3-1-4-9-17)29-20-22(33)31-21(25(36)37)16(15-39-23(20)31)14-30-12-5-2-6-13-30/h1-6,8-9,12-13,18,20,23H,7,10-11,14-15H2,(H4-,27,28,29,32,34,35,36,37,38)/t18?,20?,23-/m0/s1. The van der Waals surface area contributed by atoms with E-state index >= 15 is 0 Å². The van der Waals surface area contributed by atoms with Crippen molar-refractivity contribution in [1.29, 1.82) is 0 Å². The van der Waals surface area contributed by atoms with Crippen molar-refractivity contribution in [3.05, 3.63) is 72.2 Å². The third-order valence-corrected chi connectivity index (χ3v) is 7.58. The summed E-state index contributed by atoms with van der Waals surface area (Å²) in [4.78, 5) is 62.1. The molecule has 204 valence electrons. The molecule has 4 amide bonds. The first-order valence-electron chi connectivity index (χ1n) is 12.2. The second-order valence-electron chi connectivity index (χ2n) is 8.99. The van der Waals surface area contributed by atoms with Crippen LogP contribution in [-0.4, -0.2) is 63.0 Å². The largest absolute Gasteiger partial charge is 0.543 e. The van der Waals surface area contributed by atoms with E-state index in [1.807, 2.05) is 18.2 Å². The highest BCUT2D eigenvalue weighted by Gasteiger charge is 2.53. The van der Waals surface area contributed by atoms with Gasteiger partial charge in [-0.15, -0.1) is 11.8 Å². The van der Waals surface area contributed by atoms with Crippen molar-refractivity contribution in [2.75, 3.05) is 11.1 Å². The number of pyridine rings is 1. The molecule has 1 saturated heterocycles. The smallest absolute Gasteiger partial charge is 0.326 e. The summed E-state index contributed by atoms with van der Waals surface area (Å²) in [7, 11) is 0. The maximum Gasteiger partial charge on any atom is 0.326 e. The Labute approximate surface area is 228 Å². The molecule has 4 N–H and O–H groups in total. The van der Waals surface area contributed by atoms with Gasteiger partial charge >= 0.3 is 12.0 Å². The first-order valence-corrected chi connectivity index (χ1v) is 13.3. The van der Waals surface area contributed by atoms with Crippen molar-refractivity contribution in [1.82, 2.24) is 15.5 Å². The zero-order valence-electron chi connectivity index (χ0n) is 20.7. The lowest BCUT2D eigenvalue weighted by Gasteiger charge is -2.50. The number of carboxylic acids is 2. The van der Waals surface area contributed by atoms with E-state index in [4.69, 9.17) is 0 Å². The summed E-state index contributed by atoms with van der Waals surface area (Å²) in [5, 5.41) is 28.3. The number of amides is 4. The van der Waals surface area contributed by atoms with E-state index in [2.05, 4.69) is 16.0 Å². The van der Waals surface area contributed by atoms with Crippen LogP contribution in [0.25, 0.3) is 0 Å². The predicted molar refractivity (Wildman–Crippen MR) is 138 cm³/mol. The zero-order valence-corrected chi connectivity index (χ0v) is 21.6. The van der Waals surface area contributed by atoms with E-state index < -0.39 is 47.2 Å². The van der Waals surface area contributed by atoms with Crippen LogP contribution in [0.4, 0.5) is 10.5 Å². The van der Waals surface area contributed by atoms with E-state index in [-0.39, 0.29) is 31.5 Å². The van der Waals surface area contributed by atoms with Gasteiger partial charge in [-0.05, 0) is 25.0 Å². The van der Waals surface area contributed by atoms with Gasteiger partial charge in [-0.3, -0.25) is 14.5 Å². The fourth-order valence-corrected chi connectivity index (χ4v) is 5.71. The summed E-state index contributed by atoms with van der Waals surface area (Å²) in [6.07, 6.45) is 3.63. The Bertz CT molecular complexity index is 1290. The number of hydrogen-bond acceptors (Lipinski definition) is 7. The second-order valence-corrected chi connectivity index (χ2v) is 10.1. The lowest BCUT2D eigenvalue weighted by Crippen LogP contribution is -2.71. The van der Waals surface area contributed by atoms with Crippen molar-refractivity contribution in [3.63, 3.8) is 0 Å². The molecule has 0 spiro atoms. The normalized spacial score (nSPS) is 18.9. The molecule has 1 aromatic heterocycles. The quantitative estimate of drug-likeness (QED) is 0.219.